The van der Waals surface area contributed by atoms with E-state index < -0.39 is 58.9 Å². The van der Waals surface area contributed by atoms with Gasteiger partial charge in [0.15, 0.2) is 0 Å². The first-order valence-electron chi connectivity index (χ1n) is 5.66. The molecule has 1 aromatic rings. The molecule has 1 fully saturated rings. The molecule has 1 unspecified atom stereocenters. The van der Waals surface area contributed by atoms with Gasteiger partial charge in [-0.15, -0.1) is 0 Å². The van der Waals surface area contributed by atoms with Crippen LogP contribution in [0.3, 0.4) is 0 Å². The minimum Gasteiger partial charge on any atom is -0.351 e. The molecule has 1 aliphatic carbocycles. The predicted octanol–water partition coefficient (Wildman–Crippen LogP) is 2.86. The number of carbonyl (C=O) groups excluding carboxylic acids is 1. The van der Waals surface area contributed by atoms with E-state index in [0.29, 0.717) is 6.07 Å². The summed E-state index contributed by atoms with van der Waals surface area (Å²) in [6.07, 6.45) is -5.77. The lowest BCUT2D eigenvalue weighted by Gasteiger charge is -2.27. The van der Waals surface area contributed by atoms with Crippen molar-refractivity contribution in [1.29, 1.82) is 0 Å². The molecule has 2 nitrogen and oxygen atoms in total. The first kappa shape index (κ1) is 13.3. The van der Waals surface area contributed by atoms with Crippen LogP contribution in [0.2, 0.25) is 0 Å². The van der Waals surface area contributed by atoms with Crippen molar-refractivity contribution < 1.29 is 31.1 Å². The Kier molecular flexibility index (Phi) is 2.30. The predicted molar refractivity (Wildman–Crippen MR) is 55.0 cm³/mol. The summed E-state index contributed by atoms with van der Waals surface area (Å²) in [5.74, 6) is -5.94. The number of amides is 1. The topological polar surface area (TPSA) is 29.1 Å². The summed E-state index contributed by atoms with van der Waals surface area (Å²) in [4.78, 5) is 11.5. The van der Waals surface area contributed by atoms with Gasteiger partial charge in [0.05, 0.1) is 11.0 Å². The van der Waals surface area contributed by atoms with Gasteiger partial charge < -0.3 is 5.32 Å². The van der Waals surface area contributed by atoms with Crippen molar-refractivity contribution in [2.45, 2.75) is 23.9 Å². The zero-order valence-electron chi connectivity index (χ0n) is 9.74. The third-order valence-electron chi connectivity index (χ3n) is 3.82. The van der Waals surface area contributed by atoms with Crippen LogP contribution < -0.4 is 5.32 Å². The van der Waals surface area contributed by atoms with Crippen molar-refractivity contribution in [2.75, 3.05) is 6.54 Å². The third kappa shape index (κ3) is 1.50. The van der Waals surface area contributed by atoms with Gasteiger partial charge in [-0.05, 0) is 12.1 Å². The van der Waals surface area contributed by atoms with Crippen LogP contribution in [0.4, 0.5) is 26.3 Å². The molecule has 1 N–H and O–H groups in total. The van der Waals surface area contributed by atoms with E-state index in [2.05, 4.69) is 5.32 Å². The van der Waals surface area contributed by atoms with Crippen LogP contribution in [0.25, 0.3) is 0 Å². The number of carbonyl (C=O) groups is 1. The van der Waals surface area contributed by atoms with Crippen LogP contribution in [0.5, 0.6) is 0 Å². The van der Waals surface area contributed by atoms with E-state index in [1.807, 2.05) is 0 Å². The Balaban J connectivity index is 2.27. The highest BCUT2D eigenvalue weighted by molar-refractivity contribution is 5.98. The summed E-state index contributed by atoms with van der Waals surface area (Å²) in [7, 11) is 0. The van der Waals surface area contributed by atoms with Gasteiger partial charge in [-0.1, -0.05) is 0 Å². The molecule has 0 aromatic heterocycles. The number of fused-ring (bicyclic) bond motifs is 2. The second-order valence-electron chi connectivity index (χ2n) is 4.99. The maximum atomic E-state index is 14.1. The van der Waals surface area contributed by atoms with E-state index in [-0.39, 0.29) is 0 Å². The highest BCUT2D eigenvalue weighted by Gasteiger charge is 2.74. The van der Waals surface area contributed by atoms with E-state index in [9.17, 15) is 31.1 Å². The molecule has 0 saturated heterocycles. The van der Waals surface area contributed by atoms with E-state index >= 15 is 0 Å². The molecule has 2 aliphatic rings. The normalized spacial score (nSPS) is 27.2. The standard InChI is InChI=1S/C12H7F6NO/c13-8-6(12(16,17)18)2-1-5-7(8)10(3-11(10,14)15)4-19-9(5)20/h1-2H,3-4H2,(H,19,20). The van der Waals surface area contributed by atoms with Crippen LogP contribution >= 0.6 is 0 Å². The van der Waals surface area contributed by atoms with E-state index in [0.717, 1.165) is 6.07 Å². The van der Waals surface area contributed by atoms with Crippen LogP contribution in [0.1, 0.15) is 27.9 Å². The second-order valence-corrected chi connectivity index (χ2v) is 4.99. The largest absolute Gasteiger partial charge is 0.419 e. The van der Waals surface area contributed by atoms with Crippen LogP contribution in [-0.4, -0.2) is 18.4 Å². The average Bonchev–Trinajstić information content (AvgIpc) is 2.85. The van der Waals surface area contributed by atoms with Crippen molar-refractivity contribution in [3.8, 4) is 0 Å². The maximum absolute atomic E-state index is 14.1. The Morgan fingerprint density at radius 3 is 2.30 bits per heavy atom. The fourth-order valence-electron chi connectivity index (χ4n) is 2.66. The molecular formula is C12H7F6NO. The summed E-state index contributed by atoms with van der Waals surface area (Å²) in [6, 6.07) is 1.14. The molecule has 1 aromatic carbocycles. The zero-order valence-corrected chi connectivity index (χ0v) is 9.74. The number of halogens is 6. The lowest BCUT2D eigenvalue weighted by Crippen LogP contribution is -2.43. The lowest BCUT2D eigenvalue weighted by atomic mass is 9.85. The number of nitrogens with one attached hydrogen (secondary N) is 1. The zero-order chi connectivity index (χ0) is 14.9. The van der Waals surface area contributed by atoms with Crippen LogP contribution in [0, 0.1) is 5.82 Å². The van der Waals surface area contributed by atoms with E-state index in [4.69, 9.17) is 0 Å². The van der Waals surface area contributed by atoms with Gasteiger partial charge in [0.25, 0.3) is 11.8 Å². The van der Waals surface area contributed by atoms with E-state index in [1.54, 1.807) is 0 Å². The average molecular weight is 295 g/mol. The van der Waals surface area contributed by atoms with Gasteiger partial charge in [-0.25, -0.2) is 13.2 Å². The molecule has 3 rings (SSSR count). The lowest BCUT2D eigenvalue weighted by molar-refractivity contribution is -0.140. The molecule has 1 saturated carbocycles. The van der Waals surface area contributed by atoms with Crippen molar-refractivity contribution in [1.82, 2.24) is 5.32 Å². The van der Waals surface area contributed by atoms with Crippen molar-refractivity contribution in [2.24, 2.45) is 0 Å². The van der Waals surface area contributed by atoms with Crippen molar-refractivity contribution in [3.63, 3.8) is 0 Å². The van der Waals surface area contributed by atoms with Gasteiger partial charge in [0.1, 0.15) is 5.82 Å². The molecule has 20 heavy (non-hydrogen) atoms. The van der Waals surface area contributed by atoms with Crippen molar-refractivity contribution >= 4 is 5.91 Å². The number of benzene rings is 1. The Morgan fingerprint density at radius 1 is 1.20 bits per heavy atom. The Labute approximate surface area is 108 Å². The summed E-state index contributed by atoms with van der Waals surface area (Å²) < 4.78 is 79.0. The minimum absolute atomic E-state index is 0.396. The van der Waals surface area contributed by atoms with Gasteiger partial charge in [-0.3, -0.25) is 4.79 Å². The second kappa shape index (κ2) is 3.48. The van der Waals surface area contributed by atoms with Gasteiger partial charge in [0, 0.05) is 24.1 Å². The van der Waals surface area contributed by atoms with Crippen LogP contribution in [-0.2, 0) is 11.6 Å². The summed E-state index contributed by atoms with van der Waals surface area (Å²) in [5.41, 5.74) is -4.96. The highest BCUT2D eigenvalue weighted by Crippen LogP contribution is 2.63. The Bertz CT molecular complexity index is 623. The summed E-state index contributed by atoms with van der Waals surface area (Å²) in [6.45, 7) is -0.565. The minimum atomic E-state index is -5.00. The number of rotatable bonds is 0. The summed E-state index contributed by atoms with van der Waals surface area (Å²) in [5, 5.41) is 2.17. The van der Waals surface area contributed by atoms with Gasteiger partial charge in [-0.2, -0.15) is 13.2 Å². The molecule has 0 radical (unpaired) electrons. The monoisotopic (exact) mass is 295 g/mol. The highest BCUT2D eigenvalue weighted by atomic mass is 19.4. The fourth-order valence-corrected chi connectivity index (χ4v) is 2.66. The molecule has 1 spiro atoms. The Morgan fingerprint density at radius 2 is 1.80 bits per heavy atom. The summed E-state index contributed by atoms with van der Waals surface area (Å²) >= 11 is 0. The number of hydrogen-bond acceptors (Lipinski definition) is 1. The molecule has 1 heterocycles. The van der Waals surface area contributed by atoms with Crippen molar-refractivity contribution in [3.05, 3.63) is 34.6 Å². The first-order chi connectivity index (χ1) is 9.10. The molecule has 8 heteroatoms. The quantitative estimate of drug-likeness (QED) is 0.733. The number of hydrogen-bond donors (Lipinski definition) is 1. The maximum Gasteiger partial charge on any atom is 0.419 e. The molecule has 108 valence electrons. The smallest absolute Gasteiger partial charge is 0.351 e. The molecule has 1 amide bonds. The molecule has 1 atom stereocenters. The number of alkyl halides is 5. The van der Waals surface area contributed by atoms with E-state index in [1.165, 1.54) is 0 Å². The van der Waals surface area contributed by atoms with Crippen LogP contribution in [0.15, 0.2) is 12.1 Å². The first-order valence-corrected chi connectivity index (χ1v) is 5.66. The SMILES string of the molecule is O=C1NCC2(CC2(F)F)c2c1ccc(C(F)(F)F)c2F. The molecular weight excluding hydrogens is 288 g/mol. The molecule has 1 aliphatic heterocycles. The van der Waals surface area contributed by atoms with Gasteiger partial charge >= 0.3 is 6.18 Å². The molecule has 0 bridgehead atoms. The fraction of sp³-hybridized carbons (Fsp3) is 0.417. The Hall–Kier alpha value is -1.73. The third-order valence-corrected chi connectivity index (χ3v) is 3.82. The van der Waals surface area contributed by atoms with Gasteiger partial charge in [0.2, 0.25) is 0 Å².